The number of halogens is 2. The molecule has 0 N–H and O–H groups in total. The second-order valence-corrected chi connectivity index (χ2v) is 8.12. The summed E-state index contributed by atoms with van der Waals surface area (Å²) in [6.45, 7) is -2.58. The molecule has 0 amide bonds. The van der Waals surface area contributed by atoms with Gasteiger partial charge in [-0.1, -0.05) is 25.0 Å². The molecule has 0 saturated carbocycles. The molecule has 4 aromatic rings. The van der Waals surface area contributed by atoms with Crippen LogP contribution in [0.5, 0.6) is 0 Å². The van der Waals surface area contributed by atoms with Crippen molar-refractivity contribution in [3.05, 3.63) is 70.0 Å². The number of aromatic nitrogens is 4. The molecular weight excluding hydrogens is 430 g/mol. The van der Waals surface area contributed by atoms with E-state index in [-0.39, 0.29) is 22.5 Å². The molecular formula is C24H22F2N4O3. The molecule has 0 unspecified atom stereocenters. The lowest BCUT2D eigenvalue weighted by Gasteiger charge is -2.16. The molecule has 3 heterocycles. The highest BCUT2D eigenvalue weighted by molar-refractivity contribution is 5.94. The molecule has 5 rings (SSSR count). The molecule has 2 aromatic heterocycles. The number of imidazole rings is 1. The van der Waals surface area contributed by atoms with Crippen molar-refractivity contribution in [3.8, 4) is 0 Å². The third kappa shape index (κ3) is 3.99. The molecule has 0 bridgehead atoms. The van der Waals surface area contributed by atoms with Gasteiger partial charge in [-0.2, -0.15) is 8.78 Å². The Bertz CT molecular complexity index is 1410. The van der Waals surface area contributed by atoms with Crippen LogP contribution in [0.4, 0.5) is 8.78 Å². The maximum Gasteiger partial charge on any atom is 0.338 e. The van der Waals surface area contributed by atoms with E-state index in [0.29, 0.717) is 29.4 Å². The number of ether oxygens (including phenoxy) is 1. The monoisotopic (exact) mass is 452 g/mol. The van der Waals surface area contributed by atoms with Crippen LogP contribution in [-0.4, -0.2) is 25.1 Å². The summed E-state index contributed by atoms with van der Waals surface area (Å²) in [5.74, 6) is -0.0140. The molecule has 9 heteroatoms. The largest absolute Gasteiger partial charge is 0.454 e. The van der Waals surface area contributed by atoms with Gasteiger partial charge in [0.15, 0.2) is 5.82 Å². The van der Waals surface area contributed by atoms with Crippen LogP contribution in [0.25, 0.3) is 21.9 Å². The average molecular weight is 452 g/mol. The van der Waals surface area contributed by atoms with E-state index >= 15 is 0 Å². The van der Waals surface area contributed by atoms with Gasteiger partial charge in [0.2, 0.25) is 0 Å². The van der Waals surface area contributed by atoms with E-state index in [9.17, 15) is 18.4 Å². The molecule has 7 nitrogen and oxygen atoms in total. The van der Waals surface area contributed by atoms with E-state index < -0.39 is 19.1 Å². The predicted octanol–water partition coefficient (Wildman–Crippen LogP) is 4.61. The lowest BCUT2D eigenvalue weighted by atomic mass is 10.1. The van der Waals surface area contributed by atoms with Crippen LogP contribution in [0.15, 0.2) is 47.3 Å². The van der Waals surface area contributed by atoms with E-state index in [1.165, 1.54) is 18.2 Å². The number of rotatable bonds is 4. The Morgan fingerprint density at radius 1 is 1.03 bits per heavy atom. The van der Waals surface area contributed by atoms with Gasteiger partial charge in [-0.05, 0) is 43.2 Å². The molecule has 33 heavy (non-hydrogen) atoms. The molecule has 1 aliphatic rings. The van der Waals surface area contributed by atoms with Gasteiger partial charge in [0.05, 0.1) is 27.5 Å². The number of carbonyl (C=O) groups excluding carboxylic acids is 1. The smallest absolute Gasteiger partial charge is 0.338 e. The average Bonchev–Trinajstić information content (AvgIpc) is 3.17. The Morgan fingerprint density at radius 3 is 2.70 bits per heavy atom. The molecule has 0 spiro atoms. The van der Waals surface area contributed by atoms with E-state index in [1.807, 2.05) is 0 Å². The zero-order valence-corrected chi connectivity index (χ0v) is 17.8. The number of hydrogen-bond donors (Lipinski definition) is 0. The minimum absolute atomic E-state index is 0.0434. The minimum Gasteiger partial charge on any atom is -0.454 e. The summed E-state index contributed by atoms with van der Waals surface area (Å²) in [5.41, 5.74) is 1.19. The first-order valence-corrected chi connectivity index (χ1v) is 11.0. The first-order valence-electron chi connectivity index (χ1n) is 11.0. The maximum absolute atomic E-state index is 13.6. The normalized spacial score (nSPS) is 14.3. The third-order valence-corrected chi connectivity index (χ3v) is 6.00. The summed E-state index contributed by atoms with van der Waals surface area (Å²) < 4.78 is 35.0. The summed E-state index contributed by atoms with van der Waals surface area (Å²) in [6, 6.07) is 11.1. The Morgan fingerprint density at radius 2 is 1.85 bits per heavy atom. The number of para-hydroxylation sites is 2. The van der Waals surface area contributed by atoms with E-state index in [4.69, 9.17) is 4.74 Å². The van der Waals surface area contributed by atoms with Crippen molar-refractivity contribution in [2.45, 2.75) is 51.8 Å². The number of esters is 1. The molecule has 2 aromatic carbocycles. The summed E-state index contributed by atoms with van der Waals surface area (Å²) >= 11 is 0. The quantitative estimate of drug-likeness (QED) is 0.423. The van der Waals surface area contributed by atoms with Crippen LogP contribution in [0.1, 0.15) is 54.2 Å². The summed E-state index contributed by atoms with van der Waals surface area (Å²) in [6.07, 6.45) is 4.81. The van der Waals surface area contributed by atoms with Crippen LogP contribution in [-0.2, 0) is 24.3 Å². The predicted molar refractivity (Wildman–Crippen MR) is 118 cm³/mol. The van der Waals surface area contributed by atoms with Crippen molar-refractivity contribution >= 4 is 27.9 Å². The third-order valence-electron chi connectivity index (χ3n) is 6.00. The van der Waals surface area contributed by atoms with Gasteiger partial charge in [0.1, 0.15) is 12.4 Å². The fraction of sp³-hybridized carbons (Fsp3) is 0.333. The number of nitrogens with zero attached hydrogens (tertiary/aromatic N) is 4. The van der Waals surface area contributed by atoms with Crippen molar-refractivity contribution in [2.24, 2.45) is 0 Å². The Balaban J connectivity index is 1.42. The number of benzene rings is 2. The van der Waals surface area contributed by atoms with E-state index in [1.54, 1.807) is 28.8 Å². The van der Waals surface area contributed by atoms with Gasteiger partial charge < -0.3 is 4.74 Å². The molecule has 0 saturated heterocycles. The van der Waals surface area contributed by atoms with Crippen LogP contribution in [0.3, 0.4) is 0 Å². The van der Waals surface area contributed by atoms with Gasteiger partial charge in [0, 0.05) is 13.0 Å². The van der Waals surface area contributed by atoms with E-state index in [0.717, 1.165) is 36.1 Å². The Kier molecular flexibility index (Phi) is 5.62. The van der Waals surface area contributed by atoms with Gasteiger partial charge >= 0.3 is 12.5 Å². The summed E-state index contributed by atoms with van der Waals surface area (Å²) in [5, 5.41) is 0.440. The standard InChI is InChI=1S/C24H22F2N4O3/c25-24(26)30-19-8-5-4-7-17(19)27-21(30)14-33-23(32)15-10-11-16-18(13-15)28-20-9-3-1-2-6-12-29(20)22(16)31/h4-5,7-8,10-11,13,24H,1-3,6,9,12,14H2. The maximum atomic E-state index is 13.6. The van der Waals surface area contributed by atoms with Crippen molar-refractivity contribution < 1.29 is 18.3 Å². The number of carbonyl (C=O) groups is 1. The molecule has 170 valence electrons. The lowest BCUT2D eigenvalue weighted by molar-refractivity contribution is 0.0387. The van der Waals surface area contributed by atoms with Crippen molar-refractivity contribution in [2.75, 3.05) is 0 Å². The Labute approximate surface area is 187 Å². The van der Waals surface area contributed by atoms with Gasteiger partial charge in [-0.25, -0.2) is 14.8 Å². The second-order valence-electron chi connectivity index (χ2n) is 8.12. The van der Waals surface area contributed by atoms with Gasteiger partial charge in [0.25, 0.3) is 5.56 Å². The highest BCUT2D eigenvalue weighted by atomic mass is 19.3. The SMILES string of the molecule is O=C(OCc1nc2ccccc2n1C(F)F)c1ccc2c(=O)n3c(nc2c1)CCCCCC3. The number of hydrogen-bond acceptors (Lipinski definition) is 5. The number of fused-ring (bicyclic) bond motifs is 3. The summed E-state index contributed by atoms with van der Waals surface area (Å²) in [7, 11) is 0. The molecule has 1 aliphatic heterocycles. The Hall–Kier alpha value is -3.62. The molecule has 0 aliphatic carbocycles. The van der Waals surface area contributed by atoms with Crippen molar-refractivity contribution in [3.63, 3.8) is 0 Å². The van der Waals surface area contributed by atoms with Crippen molar-refractivity contribution in [1.29, 1.82) is 0 Å². The van der Waals surface area contributed by atoms with Gasteiger partial charge in [-0.3, -0.25) is 13.9 Å². The van der Waals surface area contributed by atoms with Crippen LogP contribution < -0.4 is 5.56 Å². The van der Waals surface area contributed by atoms with Gasteiger partial charge in [-0.15, -0.1) is 0 Å². The second kappa shape index (κ2) is 8.73. The summed E-state index contributed by atoms with van der Waals surface area (Å²) in [4.78, 5) is 34.4. The molecule has 0 radical (unpaired) electrons. The zero-order chi connectivity index (χ0) is 22.9. The van der Waals surface area contributed by atoms with E-state index in [2.05, 4.69) is 9.97 Å². The molecule has 0 atom stereocenters. The fourth-order valence-corrected chi connectivity index (χ4v) is 4.35. The fourth-order valence-electron chi connectivity index (χ4n) is 4.35. The lowest BCUT2D eigenvalue weighted by Crippen LogP contribution is -2.26. The first kappa shape index (κ1) is 21.2. The highest BCUT2D eigenvalue weighted by Gasteiger charge is 2.20. The van der Waals surface area contributed by atoms with Crippen LogP contribution in [0, 0.1) is 0 Å². The first-order chi connectivity index (χ1) is 16.0. The van der Waals surface area contributed by atoms with Crippen molar-refractivity contribution in [1.82, 2.24) is 19.1 Å². The zero-order valence-electron chi connectivity index (χ0n) is 17.8. The number of aryl methyl sites for hydroxylation is 1. The minimum atomic E-state index is -2.82. The van der Waals surface area contributed by atoms with Crippen LogP contribution >= 0.6 is 0 Å². The van der Waals surface area contributed by atoms with Crippen LogP contribution in [0.2, 0.25) is 0 Å². The molecule has 0 fully saturated rings. The number of alkyl halides is 2. The highest BCUT2D eigenvalue weighted by Crippen LogP contribution is 2.24. The topological polar surface area (TPSA) is 79.0 Å².